The lowest BCUT2D eigenvalue weighted by Gasteiger charge is -2.23. The van der Waals surface area contributed by atoms with Gasteiger partial charge in [-0.2, -0.15) is 0 Å². The summed E-state index contributed by atoms with van der Waals surface area (Å²) >= 11 is 0. The molecule has 0 fully saturated rings. The van der Waals surface area contributed by atoms with E-state index in [9.17, 15) is 14.4 Å². The van der Waals surface area contributed by atoms with Crippen molar-refractivity contribution in [3.05, 3.63) is 35.9 Å². The molecule has 7 nitrogen and oxygen atoms in total. The van der Waals surface area contributed by atoms with Gasteiger partial charge in [0.25, 0.3) is 0 Å². The van der Waals surface area contributed by atoms with E-state index < -0.39 is 30.0 Å². The van der Waals surface area contributed by atoms with Crippen LogP contribution in [0.1, 0.15) is 18.9 Å². The average molecular weight is 281 g/mol. The minimum atomic E-state index is -1.92. The molecule has 0 saturated carbocycles. The van der Waals surface area contributed by atoms with Crippen molar-refractivity contribution in [2.45, 2.75) is 25.5 Å². The summed E-state index contributed by atoms with van der Waals surface area (Å²) in [5, 5.41) is 19.7. The Hall–Kier alpha value is -2.57. The summed E-state index contributed by atoms with van der Waals surface area (Å²) in [6, 6.07) is 8.81. The zero-order chi connectivity index (χ0) is 15.2. The van der Waals surface area contributed by atoms with E-state index in [1.165, 1.54) is 0 Å². The number of ether oxygens (including phenoxy) is 1. The summed E-state index contributed by atoms with van der Waals surface area (Å²) in [4.78, 5) is 33.2. The predicted molar refractivity (Wildman–Crippen MR) is 68.1 cm³/mol. The Kier molecular flexibility index (Phi) is 5.08. The minimum Gasteiger partial charge on any atom is -0.481 e. The van der Waals surface area contributed by atoms with Gasteiger partial charge in [0.05, 0.1) is 6.42 Å². The first-order valence-corrected chi connectivity index (χ1v) is 5.77. The quantitative estimate of drug-likeness (QED) is 0.722. The lowest BCUT2D eigenvalue weighted by Crippen LogP contribution is -2.53. The largest absolute Gasteiger partial charge is 0.481 e. The standard InChI is InChI=1S/C13H15NO6/c1-13(11(17)18,7-10(15)16)14-12(19)20-8-9-5-3-2-4-6-9/h2-6H,7-8H2,1H3,(H,14,19)(H,15,16)(H,17,18)/t13-/m1/s1. The van der Waals surface area contributed by atoms with E-state index in [0.717, 1.165) is 12.5 Å². The molecule has 0 heterocycles. The van der Waals surface area contributed by atoms with Gasteiger partial charge >= 0.3 is 18.0 Å². The molecule has 1 rings (SSSR count). The SMILES string of the molecule is C[C@](CC(=O)O)(NC(=O)OCc1ccccc1)C(=O)O. The smallest absolute Gasteiger partial charge is 0.408 e. The van der Waals surface area contributed by atoms with Crippen molar-refractivity contribution in [3.63, 3.8) is 0 Å². The fourth-order valence-electron chi connectivity index (χ4n) is 1.46. The topological polar surface area (TPSA) is 113 Å². The molecule has 0 aliphatic carbocycles. The summed E-state index contributed by atoms with van der Waals surface area (Å²) in [5.74, 6) is -2.78. The van der Waals surface area contributed by atoms with Crippen LogP contribution in [-0.4, -0.2) is 33.8 Å². The van der Waals surface area contributed by atoms with Crippen LogP contribution in [0.2, 0.25) is 0 Å². The Morgan fingerprint density at radius 2 is 1.80 bits per heavy atom. The number of benzene rings is 1. The number of rotatable bonds is 6. The van der Waals surface area contributed by atoms with Gasteiger partial charge in [0.1, 0.15) is 12.1 Å². The molecule has 20 heavy (non-hydrogen) atoms. The van der Waals surface area contributed by atoms with Crippen LogP contribution < -0.4 is 5.32 Å². The number of alkyl carbamates (subject to hydrolysis) is 1. The van der Waals surface area contributed by atoms with Gasteiger partial charge in [-0.1, -0.05) is 30.3 Å². The molecule has 1 atom stereocenters. The first-order valence-electron chi connectivity index (χ1n) is 5.77. The molecule has 0 radical (unpaired) electrons. The van der Waals surface area contributed by atoms with Crippen molar-refractivity contribution in [2.75, 3.05) is 0 Å². The number of amides is 1. The van der Waals surface area contributed by atoms with Crippen molar-refractivity contribution in [3.8, 4) is 0 Å². The third kappa shape index (κ3) is 4.60. The number of carboxylic acids is 2. The first-order chi connectivity index (χ1) is 9.33. The molecule has 0 aliphatic heterocycles. The maximum atomic E-state index is 11.5. The van der Waals surface area contributed by atoms with Crippen LogP contribution >= 0.6 is 0 Å². The van der Waals surface area contributed by atoms with Gasteiger partial charge in [-0.15, -0.1) is 0 Å². The molecule has 1 aromatic carbocycles. The molecule has 0 aromatic heterocycles. The number of hydrogen-bond donors (Lipinski definition) is 3. The zero-order valence-electron chi connectivity index (χ0n) is 10.8. The number of aliphatic carboxylic acids is 2. The highest BCUT2D eigenvalue weighted by atomic mass is 16.5. The van der Waals surface area contributed by atoms with Gasteiger partial charge in [0.2, 0.25) is 0 Å². The van der Waals surface area contributed by atoms with Gasteiger partial charge in [-0.05, 0) is 12.5 Å². The van der Waals surface area contributed by atoms with E-state index in [1.807, 2.05) is 0 Å². The Bertz CT molecular complexity index is 501. The zero-order valence-corrected chi connectivity index (χ0v) is 10.8. The normalized spacial score (nSPS) is 13.1. The van der Waals surface area contributed by atoms with Crippen molar-refractivity contribution < 1.29 is 29.3 Å². The molecule has 1 amide bonds. The fourth-order valence-corrected chi connectivity index (χ4v) is 1.46. The minimum absolute atomic E-state index is 0.0323. The second kappa shape index (κ2) is 6.55. The van der Waals surface area contributed by atoms with Crippen molar-refractivity contribution >= 4 is 18.0 Å². The number of carboxylic acid groups (broad SMARTS) is 2. The molecule has 1 aromatic rings. The molecule has 0 aliphatic rings. The van der Waals surface area contributed by atoms with Crippen molar-refractivity contribution in [1.29, 1.82) is 0 Å². The maximum absolute atomic E-state index is 11.5. The third-order valence-electron chi connectivity index (χ3n) is 2.57. The molecular formula is C13H15NO6. The van der Waals surface area contributed by atoms with E-state index in [-0.39, 0.29) is 6.61 Å². The van der Waals surface area contributed by atoms with Crippen LogP contribution in [0.15, 0.2) is 30.3 Å². The molecular weight excluding hydrogens is 266 g/mol. The molecule has 0 bridgehead atoms. The number of carbonyl (C=O) groups excluding carboxylic acids is 1. The molecule has 0 spiro atoms. The van der Waals surface area contributed by atoms with Crippen LogP contribution in [0.3, 0.4) is 0 Å². The second-order valence-electron chi connectivity index (χ2n) is 4.39. The summed E-state index contributed by atoms with van der Waals surface area (Å²) in [6.07, 6.45) is -1.73. The molecule has 0 unspecified atom stereocenters. The second-order valence-corrected chi connectivity index (χ2v) is 4.39. The average Bonchev–Trinajstić information content (AvgIpc) is 2.36. The Morgan fingerprint density at radius 3 is 2.30 bits per heavy atom. The van der Waals surface area contributed by atoms with E-state index in [1.54, 1.807) is 30.3 Å². The van der Waals surface area contributed by atoms with E-state index in [0.29, 0.717) is 0 Å². The van der Waals surface area contributed by atoms with Crippen LogP contribution in [0.25, 0.3) is 0 Å². The Balaban J connectivity index is 2.59. The van der Waals surface area contributed by atoms with E-state index >= 15 is 0 Å². The van der Waals surface area contributed by atoms with E-state index in [4.69, 9.17) is 14.9 Å². The predicted octanol–water partition coefficient (Wildman–Crippen LogP) is 1.23. The monoisotopic (exact) mass is 281 g/mol. The number of carbonyl (C=O) groups is 3. The Labute approximate surface area is 115 Å². The van der Waals surface area contributed by atoms with Gasteiger partial charge in [-0.3, -0.25) is 4.79 Å². The number of hydrogen-bond acceptors (Lipinski definition) is 4. The van der Waals surface area contributed by atoms with Crippen molar-refractivity contribution in [2.24, 2.45) is 0 Å². The van der Waals surface area contributed by atoms with E-state index in [2.05, 4.69) is 5.32 Å². The van der Waals surface area contributed by atoms with Gasteiger partial charge in [-0.25, -0.2) is 9.59 Å². The Morgan fingerprint density at radius 1 is 1.20 bits per heavy atom. The molecule has 0 saturated heterocycles. The van der Waals surface area contributed by atoms with Crippen LogP contribution in [0.4, 0.5) is 4.79 Å². The summed E-state index contributed by atoms with van der Waals surface area (Å²) in [6.45, 7) is 1.07. The highest BCUT2D eigenvalue weighted by molar-refractivity contribution is 5.88. The maximum Gasteiger partial charge on any atom is 0.408 e. The molecule has 108 valence electrons. The first kappa shape index (κ1) is 15.5. The lowest BCUT2D eigenvalue weighted by atomic mass is 9.98. The van der Waals surface area contributed by atoms with Crippen molar-refractivity contribution in [1.82, 2.24) is 5.32 Å². The van der Waals surface area contributed by atoms with Crippen LogP contribution in [-0.2, 0) is 20.9 Å². The highest BCUT2D eigenvalue weighted by Gasteiger charge is 2.38. The summed E-state index contributed by atoms with van der Waals surface area (Å²) in [5.41, 5.74) is -1.18. The van der Waals surface area contributed by atoms with Gasteiger partial charge in [0, 0.05) is 0 Å². The van der Waals surface area contributed by atoms with Gasteiger partial charge < -0.3 is 20.3 Å². The lowest BCUT2D eigenvalue weighted by molar-refractivity contribution is -0.150. The summed E-state index contributed by atoms with van der Waals surface area (Å²) in [7, 11) is 0. The summed E-state index contributed by atoms with van der Waals surface area (Å²) < 4.78 is 4.85. The highest BCUT2D eigenvalue weighted by Crippen LogP contribution is 2.11. The molecule has 3 N–H and O–H groups in total. The third-order valence-corrected chi connectivity index (χ3v) is 2.57. The van der Waals surface area contributed by atoms with Gasteiger partial charge in [0.15, 0.2) is 0 Å². The number of nitrogens with one attached hydrogen (secondary N) is 1. The fraction of sp³-hybridized carbons (Fsp3) is 0.308. The van der Waals surface area contributed by atoms with Crippen LogP contribution in [0.5, 0.6) is 0 Å². The molecule has 7 heteroatoms. The van der Waals surface area contributed by atoms with Crippen LogP contribution in [0, 0.1) is 0 Å².